The summed E-state index contributed by atoms with van der Waals surface area (Å²) in [6.07, 6.45) is 1.32. The minimum atomic E-state index is -1.39. The van der Waals surface area contributed by atoms with Gasteiger partial charge in [0.05, 0.1) is 7.11 Å². The molecule has 4 N–H and O–H groups in total. The standard InChI is InChI=1S/C27H41N3O8S/c1-8-16(2)22(25(34)35)30-24(33)20(15-21(31)17-9-11-18(37-6)12-10-17)28-23(32)19(13-14-39-7)29-26(36)38-27(3,4)5/h9-12,16,19-20,22H,8,13-15H2,1-7H3,(H,28,32)(H,29,36)(H,30,33)(H,34,35)/t16-,19-,20-,22-/m0/s1. The molecule has 1 aromatic carbocycles. The van der Waals surface area contributed by atoms with Gasteiger partial charge in [0, 0.05) is 12.0 Å². The van der Waals surface area contributed by atoms with Crippen molar-refractivity contribution in [1.29, 1.82) is 0 Å². The second-order valence-corrected chi connectivity index (χ2v) is 11.1. The number of methoxy groups -OCH3 is 1. The van der Waals surface area contributed by atoms with Gasteiger partial charge in [0.2, 0.25) is 11.8 Å². The molecule has 218 valence electrons. The van der Waals surface area contributed by atoms with Gasteiger partial charge in [-0.3, -0.25) is 14.4 Å². The fourth-order valence-electron chi connectivity index (χ4n) is 3.45. The first kappa shape index (κ1) is 33.7. The number of carbonyl (C=O) groups excluding carboxylic acids is 4. The monoisotopic (exact) mass is 567 g/mol. The molecule has 0 saturated heterocycles. The smallest absolute Gasteiger partial charge is 0.408 e. The molecule has 0 unspecified atom stereocenters. The van der Waals surface area contributed by atoms with Crippen molar-refractivity contribution in [2.45, 2.75) is 77.6 Å². The summed E-state index contributed by atoms with van der Waals surface area (Å²) in [6, 6.07) is 2.58. The summed E-state index contributed by atoms with van der Waals surface area (Å²) >= 11 is 1.46. The van der Waals surface area contributed by atoms with Gasteiger partial charge in [0.1, 0.15) is 29.5 Å². The molecule has 0 aromatic heterocycles. The van der Waals surface area contributed by atoms with Crippen LogP contribution in [0.3, 0.4) is 0 Å². The Morgan fingerprint density at radius 3 is 2.05 bits per heavy atom. The van der Waals surface area contributed by atoms with Gasteiger partial charge >= 0.3 is 12.1 Å². The van der Waals surface area contributed by atoms with Gasteiger partial charge in [0.15, 0.2) is 5.78 Å². The van der Waals surface area contributed by atoms with Crippen LogP contribution in [0.4, 0.5) is 4.79 Å². The number of amides is 3. The number of rotatable bonds is 15. The molecule has 39 heavy (non-hydrogen) atoms. The predicted molar refractivity (Wildman–Crippen MR) is 149 cm³/mol. The molecule has 0 spiro atoms. The number of hydrogen-bond donors (Lipinski definition) is 4. The van der Waals surface area contributed by atoms with Gasteiger partial charge in [-0.25, -0.2) is 9.59 Å². The molecule has 0 aliphatic rings. The third kappa shape index (κ3) is 12.0. The van der Waals surface area contributed by atoms with Crippen molar-refractivity contribution in [2.75, 3.05) is 19.1 Å². The molecular formula is C27H41N3O8S. The Morgan fingerprint density at radius 1 is 0.974 bits per heavy atom. The quantitative estimate of drug-likeness (QED) is 0.234. The van der Waals surface area contributed by atoms with E-state index in [2.05, 4.69) is 16.0 Å². The summed E-state index contributed by atoms with van der Waals surface area (Å²) in [7, 11) is 1.49. The molecule has 0 bridgehead atoms. The van der Waals surface area contributed by atoms with Crippen molar-refractivity contribution >= 4 is 41.4 Å². The Bertz CT molecular complexity index is 994. The van der Waals surface area contributed by atoms with Crippen LogP contribution in [0.2, 0.25) is 0 Å². The molecule has 3 amide bonds. The van der Waals surface area contributed by atoms with Crippen LogP contribution in [0, 0.1) is 5.92 Å². The third-order valence-corrected chi connectivity index (χ3v) is 6.47. The molecule has 12 heteroatoms. The highest BCUT2D eigenvalue weighted by Crippen LogP contribution is 2.15. The lowest BCUT2D eigenvalue weighted by molar-refractivity contribution is -0.143. The van der Waals surface area contributed by atoms with Crippen LogP contribution < -0.4 is 20.7 Å². The maximum atomic E-state index is 13.3. The first-order valence-electron chi connectivity index (χ1n) is 12.7. The number of ketones is 1. The predicted octanol–water partition coefficient (Wildman–Crippen LogP) is 3.01. The van der Waals surface area contributed by atoms with Crippen molar-refractivity contribution in [3.8, 4) is 5.75 Å². The molecule has 0 aliphatic carbocycles. The van der Waals surface area contributed by atoms with E-state index in [0.717, 1.165) is 0 Å². The lowest BCUT2D eigenvalue weighted by Gasteiger charge is -2.26. The molecule has 0 heterocycles. The lowest BCUT2D eigenvalue weighted by Crippen LogP contribution is -2.57. The number of ether oxygens (including phenoxy) is 2. The van der Waals surface area contributed by atoms with Crippen LogP contribution in [0.15, 0.2) is 24.3 Å². The highest BCUT2D eigenvalue weighted by Gasteiger charge is 2.33. The Kier molecular flexibility index (Phi) is 13.8. The summed E-state index contributed by atoms with van der Waals surface area (Å²) in [5, 5.41) is 17.2. The highest BCUT2D eigenvalue weighted by atomic mass is 32.2. The van der Waals surface area contributed by atoms with Gasteiger partial charge in [-0.05, 0) is 69.4 Å². The van der Waals surface area contributed by atoms with E-state index in [-0.39, 0.29) is 12.0 Å². The van der Waals surface area contributed by atoms with E-state index >= 15 is 0 Å². The molecule has 4 atom stereocenters. The zero-order chi connectivity index (χ0) is 29.8. The van der Waals surface area contributed by atoms with Crippen LogP contribution in [0.1, 0.15) is 64.2 Å². The summed E-state index contributed by atoms with van der Waals surface area (Å²) in [5.74, 6) is -2.54. The molecular weight excluding hydrogens is 526 g/mol. The molecule has 11 nitrogen and oxygen atoms in total. The van der Waals surface area contributed by atoms with Gasteiger partial charge in [-0.1, -0.05) is 20.3 Å². The third-order valence-electron chi connectivity index (χ3n) is 5.83. The summed E-state index contributed by atoms with van der Waals surface area (Å²) in [5.41, 5.74) is -0.509. The average molecular weight is 568 g/mol. The van der Waals surface area contributed by atoms with Crippen LogP contribution in [-0.4, -0.2) is 77.6 Å². The van der Waals surface area contributed by atoms with Crippen molar-refractivity contribution in [2.24, 2.45) is 5.92 Å². The van der Waals surface area contributed by atoms with Crippen LogP contribution >= 0.6 is 11.8 Å². The zero-order valence-corrected chi connectivity index (χ0v) is 24.5. The number of thioether (sulfide) groups is 1. The number of aliphatic carboxylic acids is 1. The topological polar surface area (TPSA) is 160 Å². The van der Waals surface area contributed by atoms with Gasteiger partial charge in [-0.2, -0.15) is 11.8 Å². The number of hydrogen-bond acceptors (Lipinski definition) is 8. The minimum Gasteiger partial charge on any atom is -0.497 e. The molecule has 0 radical (unpaired) electrons. The van der Waals surface area contributed by atoms with E-state index in [9.17, 15) is 29.1 Å². The van der Waals surface area contributed by atoms with Crippen LogP contribution in [0.5, 0.6) is 5.75 Å². The SMILES string of the molecule is CC[C@H](C)[C@H](NC(=O)[C@H](CC(=O)c1ccc(OC)cc1)NC(=O)[C@H](CCSC)NC(=O)OC(C)(C)C)C(=O)O. The second kappa shape index (κ2) is 16.0. The largest absolute Gasteiger partial charge is 0.497 e. The van der Waals surface area contributed by atoms with E-state index in [0.29, 0.717) is 17.9 Å². The van der Waals surface area contributed by atoms with Crippen molar-refractivity contribution < 1.29 is 38.6 Å². The number of alkyl carbamates (subject to hydrolysis) is 1. The van der Waals surface area contributed by atoms with Crippen LogP contribution in [0.25, 0.3) is 0 Å². The van der Waals surface area contributed by atoms with Gasteiger partial charge < -0.3 is 30.5 Å². The first-order valence-corrected chi connectivity index (χ1v) is 14.1. The average Bonchev–Trinajstić information content (AvgIpc) is 2.87. The maximum absolute atomic E-state index is 13.3. The Morgan fingerprint density at radius 2 is 1.56 bits per heavy atom. The molecule has 0 fully saturated rings. The highest BCUT2D eigenvalue weighted by molar-refractivity contribution is 7.98. The first-order chi connectivity index (χ1) is 18.2. The molecule has 0 saturated carbocycles. The van der Waals surface area contributed by atoms with E-state index in [1.54, 1.807) is 46.8 Å². The summed E-state index contributed by atoms with van der Waals surface area (Å²) in [4.78, 5) is 63.7. The Hall–Kier alpha value is -3.28. The molecule has 1 rings (SSSR count). The van der Waals surface area contributed by atoms with E-state index < -0.39 is 65.7 Å². The number of carboxylic acids is 1. The molecule has 1 aromatic rings. The fraction of sp³-hybridized carbons (Fsp3) is 0.593. The van der Waals surface area contributed by atoms with E-state index in [1.165, 1.54) is 31.0 Å². The lowest BCUT2D eigenvalue weighted by atomic mass is 9.97. The number of nitrogens with one attached hydrogen (secondary N) is 3. The number of carbonyl (C=O) groups is 5. The van der Waals surface area contributed by atoms with Crippen molar-refractivity contribution in [3.05, 3.63) is 29.8 Å². The van der Waals surface area contributed by atoms with Crippen molar-refractivity contribution in [3.63, 3.8) is 0 Å². The summed E-state index contributed by atoms with van der Waals surface area (Å²) < 4.78 is 10.4. The fourth-order valence-corrected chi connectivity index (χ4v) is 3.92. The normalized spacial score (nSPS) is 14.2. The zero-order valence-electron chi connectivity index (χ0n) is 23.7. The minimum absolute atomic E-state index is 0.234. The van der Waals surface area contributed by atoms with E-state index in [4.69, 9.17) is 9.47 Å². The van der Waals surface area contributed by atoms with Crippen LogP contribution in [-0.2, 0) is 19.1 Å². The van der Waals surface area contributed by atoms with E-state index in [1.807, 2.05) is 6.26 Å². The second-order valence-electron chi connectivity index (χ2n) is 10.1. The number of Topliss-reactive ketones (excluding diaryl/α,β-unsaturated/α-hetero) is 1. The van der Waals surface area contributed by atoms with Crippen molar-refractivity contribution in [1.82, 2.24) is 16.0 Å². The Labute approximate surface area is 234 Å². The summed E-state index contributed by atoms with van der Waals surface area (Å²) in [6.45, 7) is 8.52. The van der Waals surface area contributed by atoms with Gasteiger partial charge in [0.25, 0.3) is 0 Å². The maximum Gasteiger partial charge on any atom is 0.408 e. The van der Waals surface area contributed by atoms with Gasteiger partial charge in [-0.15, -0.1) is 0 Å². The number of carboxylic acid groups (broad SMARTS) is 1. The molecule has 0 aliphatic heterocycles. The Balaban J connectivity index is 3.22. The number of benzene rings is 1.